The maximum atomic E-state index is 12.8. The van der Waals surface area contributed by atoms with Crippen LogP contribution in [0.5, 0.6) is 0 Å². The summed E-state index contributed by atoms with van der Waals surface area (Å²) in [6.45, 7) is 0. The van der Waals surface area contributed by atoms with E-state index in [1.807, 2.05) is 6.07 Å². The number of nitrogens with two attached hydrogens (primary N) is 1. The van der Waals surface area contributed by atoms with E-state index in [9.17, 15) is 13.2 Å². The van der Waals surface area contributed by atoms with Crippen LogP contribution in [0.3, 0.4) is 0 Å². The molecule has 0 spiro atoms. The van der Waals surface area contributed by atoms with Crippen LogP contribution < -0.4 is 11.1 Å². The number of hydrogen-bond donors (Lipinski definition) is 2. The molecule has 0 unspecified atom stereocenters. The number of benzene rings is 1. The molecule has 0 aliphatic heterocycles. The van der Waals surface area contributed by atoms with Crippen molar-refractivity contribution in [2.45, 2.75) is 43.9 Å². The summed E-state index contributed by atoms with van der Waals surface area (Å²) >= 11 is 0.796. The zero-order valence-electron chi connectivity index (χ0n) is 11.4. The summed E-state index contributed by atoms with van der Waals surface area (Å²) in [5.74, 6) is 0. The van der Waals surface area contributed by atoms with Crippen molar-refractivity contribution in [3.05, 3.63) is 29.1 Å². The average Bonchev–Trinajstić information content (AvgIpc) is 2.86. The van der Waals surface area contributed by atoms with Crippen molar-refractivity contribution in [3.63, 3.8) is 0 Å². The van der Waals surface area contributed by atoms with Gasteiger partial charge in [0.15, 0.2) is 0 Å². The van der Waals surface area contributed by atoms with Gasteiger partial charge < -0.3 is 11.1 Å². The van der Waals surface area contributed by atoms with Crippen molar-refractivity contribution in [2.75, 3.05) is 5.32 Å². The Kier molecular flexibility index (Phi) is 3.84. The lowest BCUT2D eigenvalue weighted by atomic mass is 9.91. The molecular formula is C15H17F3N2S. The van der Waals surface area contributed by atoms with Crippen molar-refractivity contribution in [1.29, 1.82) is 0 Å². The highest BCUT2D eigenvalue weighted by Gasteiger charge is 2.33. The van der Waals surface area contributed by atoms with Crippen molar-refractivity contribution in [1.82, 2.24) is 0 Å². The molecule has 0 bridgehead atoms. The van der Waals surface area contributed by atoms with Crippen molar-refractivity contribution in [2.24, 2.45) is 5.73 Å². The van der Waals surface area contributed by atoms with E-state index in [0.29, 0.717) is 16.1 Å². The third-order valence-corrected chi connectivity index (χ3v) is 5.12. The van der Waals surface area contributed by atoms with Gasteiger partial charge >= 0.3 is 6.18 Å². The van der Waals surface area contributed by atoms with Crippen LogP contribution in [0.1, 0.15) is 30.6 Å². The molecular weight excluding hydrogens is 297 g/mol. The summed E-state index contributed by atoms with van der Waals surface area (Å²) in [6.07, 6.45) is -0.420. The zero-order chi connectivity index (χ0) is 15.0. The molecule has 0 atom stereocenters. The SMILES string of the molecule is NC1CCC(Nc2cccc3sc(C(F)(F)F)cc23)CC1. The van der Waals surface area contributed by atoms with E-state index >= 15 is 0 Å². The Hall–Kier alpha value is -1.27. The third kappa shape index (κ3) is 3.16. The van der Waals surface area contributed by atoms with Gasteiger partial charge in [-0.3, -0.25) is 0 Å². The topological polar surface area (TPSA) is 38.0 Å². The fraction of sp³-hybridized carbons (Fsp3) is 0.467. The molecule has 1 heterocycles. The molecule has 1 aromatic carbocycles. The number of thiophene rings is 1. The summed E-state index contributed by atoms with van der Waals surface area (Å²) in [4.78, 5) is -0.544. The van der Waals surface area contributed by atoms with Gasteiger partial charge in [0.2, 0.25) is 0 Å². The number of halogens is 3. The van der Waals surface area contributed by atoms with Gasteiger partial charge in [-0.05, 0) is 43.9 Å². The van der Waals surface area contributed by atoms with Crippen molar-refractivity contribution in [3.8, 4) is 0 Å². The quantitative estimate of drug-likeness (QED) is 0.850. The maximum absolute atomic E-state index is 12.8. The van der Waals surface area contributed by atoms with Crippen LogP contribution in [0.4, 0.5) is 18.9 Å². The highest BCUT2D eigenvalue weighted by Crippen LogP contribution is 2.40. The molecule has 21 heavy (non-hydrogen) atoms. The van der Waals surface area contributed by atoms with Crippen LogP contribution >= 0.6 is 11.3 Å². The smallest absolute Gasteiger partial charge is 0.382 e. The van der Waals surface area contributed by atoms with E-state index in [-0.39, 0.29) is 6.04 Å². The number of rotatable bonds is 2. The standard InChI is InChI=1S/C15H17F3N2S/c16-15(17,18)14-8-11-12(2-1-3-13(11)21-14)20-10-6-4-9(19)5-7-10/h1-3,8-10,20H,4-7,19H2. The van der Waals surface area contributed by atoms with Gasteiger partial charge in [-0.2, -0.15) is 13.2 Å². The number of fused-ring (bicyclic) bond motifs is 1. The van der Waals surface area contributed by atoms with Crippen LogP contribution in [0.15, 0.2) is 24.3 Å². The molecule has 6 heteroatoms. The van der Waals surface area contributed by atoms with Crippen LogP contribution in [0.25, 0.3) is 10.1 Å². The summed E-state index contributed by atoms with van der Waals surface area (Å²) in [5, 5.41) is 4.05. The normalized spacial score (nSPS) is 23.4. The molecule has 114 valence electrons. The van der Waals surface area contributed by atoms with E-state index in [1.54, 1.807) is 12.1 Å². The van der Waals surface area contributed by atoms with Gasteiger partial charge in [0.05, 0.1) is 0 Å². The van der Waals surface area contributed by atoms with Crippen molar-refractivity contribution >= 4 is 27.1 Å². The van der Waals surface area contributed by atoms with E-state index in [1.165, 1.54) is 6.07 Å². The molecule has 0 amide bonds. The van der Waals surface area contributed by atoms with Gasteiger partial charge in [-0.25, -0.2) is 0 Å². The summed E-state index contributed by atoms with van der Waals surface area (Å²) in [6, 6.07) is 7.19. The fourth-order valence-electron chi connectivity index (χ4n) is 2.81. The minimum absolute atomic E-state index is 0.261. The van der Waals surface area contributed by atoms with Crippen molar-refractivity contribution < 1.29 is 13.2 Å². The lowest BCUT2D eigenvalue weighted by molar-refractivity contribution is -0.134. The maximum Gasteiger partial charge on any atom is 0.425 e. The predicted octanol–water partition coefficient (Wildman–Crippen LogP) is 4.60. The molecule has 1 aliphatic carbocycles. The highest BCUT2D eigenvalue weighted by atomic mass is 32.1. The third-order valence-electron chi connectivity index (χ3n) is 3.97. The second-order valence-electron chi connectivity index (χ2n) is 5.58. The summed E-state index contributed by atoms with van der Waals surface area (Å²) in [7, 11) is 0. The first-order valence-electron chi connectivity index (χ1n) is 7.05. The Bertz CT molecular complexity index is 627. The number of nitrogens with one attached hydrogen (secondary N) is 1. The van der Waals surface area contributed by atoms with Crippen LogP contribution in [0, 0.1) is 0 Å². The van der Waals surface area contributed by atoms with Gasteiger partial charge in [-0.15, -0.1) is 11.3 Å². The number of alkyl halides is 3. The Labute approximate surface area is 125 Å². The lowest BCUT2D eigenvalue weighted by Gasteiger charge is -2.27. The molecule has 1 aliphatic rings. The highest BCUT2D eigenvalue weighted by molar-refractivity contribution is 7.19. The average molecular weight is 314 g/mol. The Morgan fingerprint density at radius 3 is 2.52 bits per heavy atom. The Balaban J connectivity index is 1.86. The van der Waals surface area contributed by atoms with Crippen LogP contribution in [-0.2, 0) is 6.18 Å². The van der Waals surface area contributed by atoms with Gasteiger partial charge in [0.1, 0.15) is 4.88 Å². The second-order valence-corrected chi connectivity index (χ2v) is 6.67. The predicted molar refractivity (Wildman–Crippen MR) is 80.7 cm³/mol. The molecule has 1 saturated carbocycles. The molecule has 2 aromatic rings. The first-order chi connectivity index (χ1) is 9.93. The monoisotopic (exact) mass is 314 g/mol. The molecule has 0 radical (unpaired) electrons. The Morgan fingerprint density at radius 2 is 1.86 bits per heavy atom. The summed E-state index contributed by atoms with van der Waals surface area (Å²) in [5.41, 5.74) is 6.67. The first kappa shape index (κ1) is 14.7. The number of hydrogen-bond acceptors (Lipinski definition) is 3. The molecule has 1 fully saturated rings. The molecule has 0 saturated heterocycles. The van der Waals surface area contributed by atoms with Gasteiger partial charge in [0, 0.05) is 27.9 Å². The van der Waals surface area contributed by atoms with E-state index in [4.69, 9.17) is 5.73 Å². The number of anilines is 1. The summed E-state index contributed by atoms with van der Waals surface area (Å²) < 4.78 is 39.2. The molecule has 3 rings (SSSR count). The van der Waals surface area contributed by atoms with E-state index in [2.05, 4.69) is 5.32 Å². The fourth-order valence-corrected chi connectivity index (χ4v) is 3.76. The van der Waals surface area contributed by atoms with Gasteiger partial charge in [-0.1, -0.05) is 6.07 Å². The molecule has 2 nitrogen and oxygen atoms in total. The largest absolute Gasteiger partial charge is 0.425 e. The van der Waals surface area contributed by atoms with Crippen LogP contribution in [0.2, 0.25) is 0 Å². The second kappa shape index (κ2) is 5.50. The zero-order valence-corrected chi connectivity index (χ0v) is 12.2. The first-order valence-corrected chi connectivity index (χ1v) is 7.87. The molecule has 3 N–H and O–H groups in total. The minimum atomic E-state index is -4.28. The molecule has 1 aromatic heterocycles. The van der Waals surface area contributed by atoms with Crippen LogP contribution in [-0.4, -0.2) is 12.1 Å². The lowest BCUT2D eigenvalue weighted by Crippen LogP contribution is -2.32. The van der Waals surface area contributed by atoms with Gasteiger partial charge in [0.25, 0.3) is 0 Å². The Morgan fingerprint density at radius 1 is 1.14 bits per heavy atom. The van der Waals surface area contributed by atoms with E-state index in [0.717, 1.165) is 42.7 Å². The van der Waals surface area contributed by atoms with E-state index < -0.39 is 11.1 Å². The minimum Gasteiger partial charge on any atom is -0.382 e.